The van der Waals surface area contributed by atoms with Gasteiger partial charge in [0.05, 0.1) is 30.8 Å². The Morgan fingerprint density at radius 1 is 1.24 bits per heavy atom. The minimum absolute atomic E-state index is 0.0862. The van der Waals surface area contributed by atoms with E-state index in [2.05, 4.69) is 15.2 Å². The molecule has 1 aliphatic carbocycles. The fraction of sp³-hybridized carbons (Fsp3) is 0.350. The van der Waals surface area contributed by atoms with Crippen LogP contribution in [0.3, 0.4) is 0 Å². The number of para-hydroxylation sites is 1. The molecule has 1 saturated carbocycles. The number of carbonyl (C=O) groups excluding carboxylic acids is 2. The van der Waals surface area contributed by atoms with Crippen LogP contribution in [-0.2, 0) is 11.2 Å². The van der Waals surface area contributed by atoms with Gasteiger partial charge in [-0.15, -0.1) is 0 Å². The largest absolute Gasteiger partial charge is 0.464 e. The molecule has 1 aromatic carbocycles. The van der Waals surface area contributed by atoms with Gasteiger partial charge < -0.3 is 14.1 Å². The molecule has 3 aromatic rings. The maximum absolute atomic E-state index is 13.3. The van der Waals surface area contributed by atoms with Gasteiger partial charge in [-0.3, -0.25) is 4.79 Å². The van der Waals surface area contributed by atoms with E-state index in [4.69, 9.17) is 9.15 Å². The smallest absolute Gasteiger partial charge is 0.360 e. The normalized spacial score (nSPS) is 13.3. The zero-order valence-electron chi connectivity index (χ0n) is 16.2. The minimum Gasteiger partial charge on any atom is -0.464 e. The summed E-state index contributed by atoms with van der Waals surface area (Å²) in [6, 6.07) is 7.46. The monoisotopic (exact) mass is 395 g/mol. The first-order chi connectivity index (χ1) is 14.1. The lowest BCUT2D eigenvalue weighted by Gasteiger charge is -2.23. The summed E-state index contributed by atoms with van der Waals surface area (Å²) in [7, 11) is 1.30. The molecule has 0 unspecified atom stereocenters. The second kappa shape index (κ2) is 7.86. The summed E-state index contributed by atoms with van der Waals surface area (Å²) in [4.78, 5) is 32.5. The van der Waals surface area contributed by atoms with Crippen LogP contribution in [0.15, 0.2) is 41.1 Å². The van der Waals surface area contributed by atoms with Gasteiger partial charge >= 0.3 is 5.97 Å². The number of hydrogen-bond acceptors (Lipinski definition) is 7. The number of aromatic nitrogens is 4. The van der Waals surface area contributed by atoms with E-state index in [-0.39, 0.29) is 17.6 Å². The van der Waals surface area contributed by atoms with Crippen molar-refractivity contribution in [2.45, 2.75) is 32.2 Å². The molecule has 0 saturated heterocycles. The fourth-order valence-electron chi connectivity index (χ4n) is 3.22. The fourth-order valence-corrected chi connectivity index (χ4v) is 3.22. The minimum atomic E-state index is -0.534. The van der Waals surface area contributed by atoms with Gasteiger partial charge in [0.25, 0.3) is 5.91 Å². The molecular weight excluding hydrogens is 374 g/mol. The second-order valence-corrected chi connectivity index (χ2v) is 6.82. The summed E-state index contributed by atoms with van der Waals surface area (Å²) >= 11 is 0. The van der Waals surface area contributed by atoms with E-state index in [0.717, 1.165) is 12.8 Å². The first-order valence-corrected chi connectivity index (χ1v) is 9.39. The van der Waals surface area contributed by atoms with E-state index in [1.165, 1.54) is 11.9 Å². The number of nitrogens with zero attached hydrogens (tertiary/aromatic N) is 5. The molecule has 0 aliphatic heterocycles. The molecule has 9 nitrogen and oxygen atoms in total. The quantitative estimate of drug-likeness (QED) is 0.565. The third kappa shape index (κ3) is 3.89. The van der Waals surface area contributed by atoms with Crippen molar-refractivity contribution in [2.75, 3.05) is 13.7 Å². The van der Waals surface area contributed by atoms with Crippen LogP contribution < -0.4 is 0 Å². The predicted molar refractivity (Wildman–Crippen MR) is 102 cm³/mol. The van der Waals surface area contributed by atoms with Crippen molar-refractivity contribution in [3.8, 4) is 5.69 Å². The summed E-state index contributed by atoms with van der Waals surface area (Å²) in [6.45, 7) is 2.10. The Hall–Kier alpha value is -3.49. The number of amides is 1. The van der Waals surface area contributed by atoms with Crippen LogP contribution in [-0.4, -0.2) is 56.5 Å². The van der Waals surface area contributed by atoms with Crippen molar-refractivity contribution in [2.24, 2.45) is 0 Å². The molecule has 1 fully saturated rings. The molecule has 4 rings (SSSR count). The van der Waals surface area contributed by atoms with Gasteiger partial charge in [0.1, 0.15) is 5.76 Å². The van der Waals surface area contributed by atoms with Gasteiger partial charge in [0.15, 0.2) is 11.6 Å². The molecule has 29 heavy (non-hydrogen) atoms. The Kier molecular flexibility index (Phi) is 5.11. The molecule has 0 radical (unpaired) electrons. The lowest BCUT2D eigenvalue weighted by molar-refractivity contribution is 0.0592. The van der Waals surface area contributed by atoms with Crippen LogP contribution in [0.1, 0.15) is 45.3 Å². The summed E-state index contributed by atoms with van der Waals surface area (Å²) in [5, 5.41) is 8.29. The number of rotatable bonds is 7. The highest BCUT2D eigenvalue weighted by Crippen LogP contribution is 2.29. The van der Waals surface area contributed by atoms with E-state index >= 15 is 0 Å². The van der Waals surface area contributed by atoms with E-state index < -0.39 is 5.97 Å². The lowest BCUT2D eigenvalue weighted by Crippen LogP contribution is -2.35. The Labute approximate surface area is 167 Å². The van der Waals surface area contributed by atoms with Gasteiger partial charge in [-0.2, -0.15) is 15.0 Å². The molecule has 0 atom stereocenters. The third-order valence-corrected chi connectivity index (χ3v) is 4.80. The summed E-state index contributed by atoms with van der Waals surface area (Å²) < 4.78 is 10.3. The maximum Gasteiger partial charge on any atom is 0.360 e. The van der Waals surface area contributed by atoms with Crippen molar-refractivity contribution in [1.82, 2.24) is 24.9 Å². The summed E-state index contributed by atoms with van der Waals surface area (Å²) in [6.07, 6.45) is 5.48. The topological polar surface area (TPSA) is 103 Å². The lowest BCUT2D eigenvalue weighted by atomic mass is 10.1. The van der Waals surface area contributed by atoms with Crippen LogP contribution >= 0.6 is 0 Å². The molecule has 150 valence electrons. The molecule has 0 bridgehead atoms. The van der Waals surface area contributed by atoms with Crippen LogP contribution in [0.25, 0.3) is 5.69 Å². The SMILES string of the molecule is COC(=O)c1nc(CCN(C(=O)c2ccccc2-n2nccn2)C2CC2)oc1C. The van der Waals surface area contributed by atoms with Crippen molar-refractivity contribution < 1.29 is 18.7 Å². The highest BCUT2D eigenvalue weighted by atomic mass is 16.5. The molecule has 9 heteroatoms. The Morgan fingerprint density at radius 2 is 1.97 bits per heavy atom. The highest BCUT2D eigenvalue weighted by Gasteiger charge is 2.34. The molecule has 1 amide bonds. The van der Waals surface area contributed by atoms with Crippen LogP contribution in [0.2, 0.25) is 0 Å². The van der Waals surface area contributed by atoms with Gasteiger partial charge in [-0.25, -0.2) is 9.78 Å². The van der Waals surface area contributed by atoms with Crippen LogP contribution in [0, 0.1) is 6.92 Å². The molecule has 2 heterocycles. The van der Waals surface area contributed by atoms with Crippen LogP contribution in [0.4, 0.5) is 0 Å². The van der Waals surface area contributed by atoms with Crippen molar-refractivity contribution in [3.63, 3.8) is 0 Å². The van der Waals surface area contributed by atoms with Crippen molar-refractivity contribution in [3.05, 3.63) is 59.6 Å². The number of aryl methyl sites for hydroxylation is 1. The highest BCUT2D eigenvalue weighted by molar-refractivity contribution is 5.98. The Bertz CT molecular complexity index is 1020. The van der Waals surface area contributed by atoms with E-state index in [0.29, 0.717) is 35.9 Å². The van der Waals surface area contributed by atoms with Gasteiger partial charge in [-0.1, -0.05) is 12.1 Å². The number of oxazole rings is 1. The number of esters is 1. The number of carbonyl (C=O) groups is 2. The standard InChI is InChI=1S/C20H21N5O4/c1-13-18(20(27)28-2)23-17(29-13)9-12-24(14-7-8-14)19(26)15-5-3-4-6-16(15)25-21-10-11-22-25/h3-6,10-11,14H,7-9,12H2,1-2H3. The van der Waals surface area contributed by atoms with Crippen LogP contribution in [0.5, 0.6) is 0 Å². The first kappa shape index (κ1) is 18.9. The summed E-state index contributed by atoms with van der Waals surface area (Å²) in [5.74, 6) is 0.194. The average Bonchev–Trinajstić information content (AvgIpc) is 3.28. The number of ether oxygens (including phenoxy) is 1. The average molecular weight is 395 g/mol. The zero-order chi connectivity index (χ0) is 20.4. The zero-order valence-corrected chi connectivity index (χ0v) is 16.2. The second-order valence-electron chi connectivity index (χ2n) is 6.82. The first-order valence-electron chi connectivity index (χ1n) is 9.39. The number of benzene rings is 1. The van der Waals surface area contributed by atoms with Gasteiger partial charge in [0, 0.05) is 19.0 Å². The van der Waals surface area contributed by atoms with E-state index in [1.807, 2.05) is 23.1 Å². The predicted octanol–water partition coefficient (Wildman–Crippen LogP) is 2.20. The van der Waals surface area contributed by atoms with Gasteiger partial charge in [0.2, 0.25) is 0 Å². The number of hydrogen-bond donors (Lipinski definition) is 0. The molecule has 2 aromatic heterocycles. The molecule has 1 aliphatic rings. The summed E-state index contributed by atoms with van der Waals surface area (Å²) in [5.41, 5.74) is 1.34. The Morgan fingerprint density at radius 3 is 2.66 bits per heavy atom. The third-order valence-electron chi connectivity index (χ3n) is 4.80. The molecular formula is C20H21N5O4. The molecule has 0 spiro atoms. The van der Waals surface area contributed by atoms with E-state index in [9.17, 15) is 9.59 Å². The van der Waals surface area contributed by atoms with Gasteiger partial charge in [-0.05, 0) is 31.9 Å². The van der Waals surface area contributed by atoms with Crippen molar-refractivity contribution >= 4 is 11.9 Å². The molecule has 0 N–H and O–H groups in total. The number of methoxy groups -OCH3 is 1. The van der Waals surface area contributed by atoms with E-state index in [1.54, 1.807) is 25.4 Å². The van der Waals surface area contributed by atoms with Crippen molar-refractivity contribution in [1.29, 1.82) is 0 Å². The Balaban J connectivity index is 1.54. The maximum atomic E-state index is 13.3.